The van der Waals surface area contributed by atoms with Gasteiger partial charge in [0.1, 0.15) is 0 Å². The fourth-order valence-corrected chi connectivity index (χ4v) is 1.69. The summed E-state index contributed by atoms with van der Waals surface area (Å²) in [7, 11) is 0. The molecule has 0 bridgehead atoms. The van der Waals surface area contributed by atoms with Gasteiger partial charge < -0.3 is 20.5 Å². The van der Waals surface area contributed by atoms with Gasteiger partial charge in [-0.1, -0.05) is 12.2 Å². The number of nitrogens with two attached hydrogens (primary N) is 1. The molecule has 1 aliphatic heterocycles. The molecule has 0 aromatic heterocycles. The zero-order chi connectivity index (χ0) is 13.0. The minimum atomic E-state index is -0.199. The van der Waals surface area contributed by atoms with Crippen molar-refractivity contribution in [2.24, 2.45) is 0 Å². The second kappa shape index (κ2) is 5.44. The summed E-state index contributed by atoms with van der Waals surface area (Å²) in [4.78, 5) is 11.9. The fraction of sp³-hybridized carbons (Fsp3) is 0.308. The van der Waals surface area contributed by atoms with Crippen molar-refractivity contribution in [1.29, 1.82) is 0 Å². The lowest BCUT2D eigenvalue weighted by molar-refractivity contribution is 0.0955. The van der Waals surface area contributed by atoms with Gasteiger partial charge in [-0.2, -0.15) is 0 Å². The summed E-state index contributed by atoms with van der Waals surface area (Å²) in [6, 6.07) is 3.23. The van der Waals surface area contributed by atoms with Crippen molar-refractivity contribution >= 4 is 11.6 Å². The molecule has 1 aliphatic rings. The van der Waals surface area contributed by atoms with E-state index in [4.69, 9.17) is 15.2 Å². The second-order valence-electron chi connectivity index (χ2n) is 3.91. The highest BCUT2D eigenvalue weighted by Crippen LogP contribution is 2.35. The summed E-state index contributed by atoms with van der Waals surface area (Å²) in [5, 5.41) is 2.80. The molecule has 1 heterocycles. The summed E-state index contributed by atoms with van der Waals surface area (Å²) in [6.07, 6.45) is 4.73. The number of amides is 1. The molecule has 1 aromatic carbocycles. The summed E-state index contributed by atoms with van der Waals surface area (Å²) < 4.78 is 10.4. The highest BCUT2D eigenvalue weighted by atomic mass is 16.7. The van der Waals surface area contributed by atoms with Crippen molar-refractivity contribution in [2.75, 3.05) is 19.1 Å². The van der Waals surface area contributed by atoms with Gasteiger partial charge in [-0.3, -0.25) is 4.79 Å². The number of carbonyl (C=O) groups is 1. The average molecular weight is 248 g/mol. The van der Waals surface area contributed by atoms with E-state index in [1.54, 1.807) is 12.1 Å². The Labute approximate surface area is 106 Å². The molecule has 2 rings (SSSR count). The Morgan fingerprint density at radius 1 is 1.44 bits per heavy atom. The fourth-order valence-electron chi connectivity index (χ4n) is 1.69. The van der Waals surface area contributed by atoms with E-state index in [1.165, 1.54) is 0 Å². The smallest absolute Gasteiger partial charge is 0.253 e. The molecule has 3 N–H and O–H groups in total. The second-order valence-corrected chi connectivity index (χ2v) is 3.91. The number of benzene rings is 1. The Hall–Kier alpha value is -2.17. The Kier molecular flexibility index (Phi) is 3.72. The zero-order valence-corrected chi connectivity index (χ0v) is 10.2. The third kappa shape index (κ3) is 2.56. The predicted molar refractivity (Wildman–Crippen MR) is 68.7 cm³/mol. The topological polar surface area (TPSA) is 73.6 Å². The maximum atomic E-state index is 11.9. The van der Waals surface area contributed by atoms with Crippen LogP contribution in [0.3, 0.4) is 0 Å². The summed E-state index contributed by atoms with van der Waals surface area (Å²) >= 11 is 0. The number of nitrogens with one attached hydrogen (secondary N) is 1. The zero-order valence-electron chi connectivity index (χ0n) is 10.2. The minimum absolute atomic E-state index is 0.168. The molecular formula is C13H16N2O3. The monoisotopic (exact) mass is 248 g/mol. The van der Waals surface area contributed by atoms with Crippen LogP contribution in [-0.4, -0.2) is 19.2 Å². The van der Waals surface area contributed by atoms with E-state index < -0.39 is 0 Å². The molecule has 0 saturated heterocycles. The number of anilines is 1. The van der Waals surface area contributed by atoms with Crippen LogP contribution in [0.4, 0.5) is 5.69 Å². The number of hydrogen-bond donors (Lipinski definition) is 2. The molecule has 1 amide bonds. The first-order valence-electron chi connectivity index (χ1n) is 5.81. The number of carbonyl (C=O) groups excluding carboxylic acids is 1. The van der Waals surface area contributed by atoms with E-state index in [2.05, 4.69) is 5.32 Å². The lowest BCUT2D eigenvalue weighted by Gasteiger charge is -2.07. The SMILES string of the molecule is C/C=C/CCNC(=O)c1cc2c(cc1N)OCO2. The van der Waals surface area contributed by atoms with Crippen molar-refractivity contribution in [3.05, 3.63) is 29.8 Å². The molecule has 18 heavy (non-hydrogen) atoms. The Morgan fingerprint density at radius 3 is 2.89 bits per heavy atom. The van der Waals surface area contributed by atoms with E-state index >= 15 is 0 Å². The van der Waals surface area contributed by atoms with Gasteiger partial charge in [-0.25, -0.2) is 0 Å². The van der Waals surface area contributed by atoms with Crippen LogP contribution >= 0.6 is 0 Å². The number of ether oxygens (including phenoxy) is 2. The van der Waals surface area contributed by atoms with Crippen molar-refractivity contribution in [3.8, 4) is 11.5 Å². The number of fused-ring (bicyclic) bond motifs is 1. The number of allylic oxidation sites excluding steroid dienone is 1. The lowest BCUT2D eigenvalue weighted by atomic mass is 10.1. The first-order chi connectivity index (χ1) is 8.72. The third-order valence-electron chi connectivity index (χ3n) is 2.62. The standard InChI is InChI=1S/C13H16N2O3/c1-2-3-4-5-15-13(16)9-6-11-12(7-10(9)14)18-8-17-11/h2-3,6-7H,4-5,8,14H2,1H3,(H,15,16)/b3-2+. The van der Waals surface area contributed by atoms with Crippen molar-refractivity contribution in [1.82, 2.24) is 5.32 Å². The van der Waals surface area contributed by atoms with Crippen LogP contribution in [0.2, 0.25) is 0 Å². The van der Waals surface area contributed by atoms with Crippen LogP contribution < -0.4 is 20.5 Å². The van der Waals surface area contributed by atoms with E-state index in [0.29, 0.717) is 29.3 Å². The Morgan fingerprint density at radius 2 is 2.17 bits per heavy atom. The average Bonchev–Trinajstić information content (AvgIpc) is 2.80. The van der Waals surface area contributed by atoms with Gasteiger partial charge in [0.25, 0.3) is 5.91 Å². The molecule has 0 spiro atoms. The van der Waals surface area contributed by atoms with Crippen LogP contribution in [0.1, 0.15) is 23.7 Å². The first kappa shape index (κ1) is 12.3. The lowest BCUT2D eigenvalue weighted by Crippen LogP contribution is -2.25. The van der Waals surface area contributed by atoms with Crippen molar-refractivity contribution in [3.63, 3.8) is 0 Å². The van der Waals surface area contributed by atoms with Crippen LogP contribution in [0.5, 0.6) is 11.5 Å². The molecule has 0 atom stereocenters. The Balaban J connectivity index is 2.06. The molecule has 96 valence electrons. The summed E-state index contributed by atoms with van der Waals surface area (Å²) in [5.41, 5.74) is 6.62. The van der Waals surface area contributed by atoms with E-state index in [1.807, 2.05) is 19.1 Å². The number of rotatable bonds is 4. The molecular weight excluding hydrogens is 232 g/mol. The third-order valence-corrected chi connectivity index (χ3v) is 2.62. The van der Waals surface area contributed by atoms with Crippen LogP contribution in [-0.2, 0) is 0 Å². The number of hydrogen-bond acceptors (Lipinski definition) is 4. The molecule has 0 unspecified atom stereocenters. The van der Waals surface area contributed by atoms with Crippen LogP contribution in [0.25, 0.3) is 0 Å². The molecule has 0 aliphatic carbocycles. The van der Waals surface area contributed by atoms with Crippen LogP contribution in [0, 0.1) is 0 Å². The quantitative estimate of drug-likeness (QED) is 0.483. The Bertz CT molecular complexity index is 483. The van der Waals surface area contributed by atoms with Gasteiger partial charge in [0, 0.05) is 18.3 Å². The van der Waals surface area contributed by atoms with Crippen molar-refractivity contribution < 1.29 is 14.3 Å². The normalized spacial score (nSPS) is 12.9. The van der Waals surface area contributed by atoms with Crippen LogP contribution in [0.15, 0.2) is 24.3 Å². The van der Waals surface area contributed by atoms with Gasteiger partial charge >= 0.3 is 0 Å². The molecule has 0 radical (unpaired) electrons. The number of nitrogen functional groups attached to an aromatic ring is 1. The molecule has 1 aromatic rings. The van der Waals surface area contributed by atoms with E-state index in [-0.39, 0.29) is 12.7 Å². The van der Waals surface area contributed by atoms with E-state index in [0.717, 1.165) is 6.42 Å². The molecule has 5 nitrogen and oxygen atoms in total. The van der Waals surface area contributed by atoms with Gasteiger partial charge in [0.05, 0.1) is 5.56 Å². The van der Waals surface area contributed by atoms with Gasteiger partial charge in [-0.15, -0.1) is 0 Å². The molecule has 0 fully saturated rings. The highest BCUT2D eigenvalue weighted by molar-refractivity contribution is 6.00. The highest BCUT2D eigenvalue weighted by Gasteiger charge is 2.19. The summed E-state index contributed by atoms with van der Waals surface area (Å²) in [6.45, 7) is 2.69. The van der Waals surface area contributed by atoms with Gasteiger partial charge in [0.2, 0.25) is 6.79 Å². The first-order valence-corrected chi connectivity index (χ1v) is 5.81. The van der Waals surface area contributed by atoms with Gasteiger partial charge in [0.15, 0.2) is 11.5 Å². The predicted octanol–water partition coefficient (Wildman–Crippen LogP) is 1.69. The summed E-state index contributed by atoms with van der Waals surface area (Å²) in [5.74, 6) is 0.941. The maximum absolute atomic E-state index is 11.9. The molecule has 5 heteroatoms. The van der Waals surface area contributed by atoms with Crippen molar-refractivity contribution in [2.45, 2.75) is 13.3 Å². The maximum Gasteiger partial charge on any atom is 0.253 e. The van der Waals surface area contributed by atoms with E-state index in [9.17, 15) is 4.79 Å². The molecule has 0 saturated carbocycles. The largest absolute Gasteiger partial charge is 0.454 e. The minimum Gasteiger partial charge on any atom is -0.454 e. The van der Waals surface area contributed by atoms with Gasteiger partial charge in [-0.05, 0) is 19.4 Å².